The predicted octanol–water partition coefficient (Wildman–Crippen LogP) is 2.10. The van der Waals surface area contributed by atoms with Crippen molar-refractivity contribution in [3.05, 3.63) is 12.3 Å². The lowest BCUT2D eigenvalue weighted by molar-refractivity contribution is -0.201. The fourth-order valence-electron chi connectivity index (χ4n) is 1.82. The number of ether oxygens (including phenoxy) is 2. The number of esters is 2. The highest BCUT2D eigenvalue weighted by Crippen LogP contribution is 2.32. The van der Waals surface area contributed by atoms with Gasteiger partial charge in [0.2, 0.25) is 0 Å². The summed E-state index contributed by atoms with van der Waals surface area (Å²) in [7, 11) is 2.62. The zero-order valence-electron chi connectivity index (χ0n) is 12.3. The van der Waals surface area contributed by atoms with Gasteiger partial charge in [0.05, 0.1) is 31.3 Å². The van der Waals surface area contributed by atoms with Gasteiger partial charge in [-0.15, -0.1) is 0 Å². The standard InChI is InChI=1S/C13H22O6S/c1-9(11(14)17-4)6-13(3,12(15)18-5)8-20-7-10(2)19-16/h9,16H,2,6-8H2,1,3-5H3. The van der Waals surface area contributed by atoms with Crippen molar-refractivity contribution in [3.8, 4) is 0 Å². The van der Waals surface area contributed by atoms with Gasteiger partial charge in [0, 0.05) is 5.75 Å². The van der Waals surface area contributed by atoms with Gasteiger partial charge < -0.3 is 14.4 Å². The Labute approximate surface area is 123 Å². The van der Waals surface area contributed by atoms with Crippen molar-refractivity contribution in [2.45, 2.75) is 20.3 Å². The summed E-state index contributed by atoms with van der Waals surface area (Å²) < 4.78 is 9.47. The van der Waals surface area contributed by atoms with Gasteiger partial charge in [-0.3, -0.25) is 9.59 Å². The van der Waals surface area contributed by atoms with Gasteiger partial charge >= 0.3 is 11.9 Å². The predicted molar refractivity (Wildman–Crippen MR) is 76.1 cm³/mol. The topological polar surface area (TPSA) is 82.1 Å². The minimum Gasteiger partial charge on any atom is -0.469 e. The summed E-state index contributed by atoms with van der Waals surface area (Å²) in [5.74, 6) is -0.228. The van der Waals surface area contributed by atoms with Crippen LogP contribution in [-0.4, -0.2) is 42.9 Å². The molecular formula is C13H22O6S. The highest BCUT2D eigenvalue weighted by atomic mass is 32.2. The maximum Gasteiger partial charge on any atom is 0.312 e. The summed E-state index contributed by atoms with van der Waals surface area (Å²) in [6, 6.07) is 0. The average Bonchev–Trinajstić information content (AvgIpc) is 2.44. The van der Waals surface area contributed by atoms with Crippen molar-refractivity contribution in [2.75, 3.05) is 25.7 Å². The first-order valence-corrected chi connectivity index (χ1v) is 7.19. The van der Waals surface area contributed by atoms with Gasteiger partial charge in [0.15, 0.2) is 0 Å². The molecule has 0 aromatic rings. The molecule has 0 aromatic carbocycles. The van der Waals surface area contributed by atoms with Crippen molar-refractivity contribution in [3.63, 3.8) is 0 Å². The molecule has 0 aliphatic rings. The molecular weight excluding hydrogens is 284 g/mol. The van der Waals surface area contributed by atoms with E-state index in [0.29, 0.717) is 17.9 Å². The molecule has 0 rings (SSSR count). The molecule has 2 unspecified atom stereocenters. The summed E-state index contributed by atoms with van der Waals surface area (Å²) in [5, 5.41) is 8.40. The molecule has 0 spiro atoms. The summed E-state index contributed by atoms with van der Waals surface area (Å²) in [4.78, 5) is 27.4. The fourth-order valence-corrected chi connectivity index (χ4v) is 2.89. The molecule has 0 aliphatic heterocycles. The molecule has 7 heteroatoms. The van der Waals surface area contributed by atoms with Gasteiger partial charge in [0.1, 0.15) is 5.76 Å². The van der Waals surface area contributed by atoms with Crippen LogP contribution in [0.4, 0.5) is 0 Å². The lowest BCUT2D eigenvalue weighted by Gasteiger charge is -2.28. The molecule has 6 nitrogen and oxygen atoms in total. The summed E-state index contributed by atoms with van der Waals surface area (Å²) >= 11 is 1.36. The molecule has 0 amide bonds. The van der Waals surface area contributed by atoms with E-state index in [-0.39, 0.29) is 11.7 Å². The number of carbonyl (C=O) groups is 2. The lowest BCUT2D eigenvalue weighted by atomic mass is 9.83. The van der Waals surface area contributed by atoms with E-state index in [9.17, 15) is 9.59 Å². The van der Waals surface area contributed by atoms with Crippen LogP contribution >= 0.6 is 11.8 Å². The third kappa shape index (κ3) is 5.83. The highest BCUT2D eigenvalue weighted by Gasteiger charge is 2.37. The summed E-state index contributed by atoms with van der Waals surface area (Å²) in [6.45, 7) is 6.91. The lowest BCUT2D eigenvalue weighted by Crippen LogP contribution is -2.35. The van der Waals surface area contributed by atoms with Crippen molar-refractivity contribution in [1.29, 1.82) is 0 Å². The van der Waals surface area contributed by atoms with Gasteiger partial charge in [0.25, 0.3) is 0 Å². The quantitative estimate of drug-likeness (QED) is 0.302. The Morgan fingerprint density at radius 3 is 2.40 bits per heavy atom. The minimum atomic E-state index is -0.831. The van der Waals surface area contributed by atoms with E-state index < -0.39 is 17.3 Å². The Bertz CT molecular complexity index is 357. The smallest absolute Gasteiger partial charge is 0.312 e. The monoisotopic (exact) mass is 306 g/mol. The van der Waals surface area contributed by atoms with Crippen LogP contribution in [0.2, 0.25) is 0 Å². The maximum absolute atomic E-state index is 11.9. The first-order chi connectivity index (χ1) is 9.30. The molecule has 1 N–H and O–H groups in total. The number of carbonyl (C=O) groups excluding carboxylic acids is 2. The molecule has 0 aliphatic carbocycles. The van der Waals surface area contributed by atoms with Crippen LogP contribution in [0.15, 0.2) is 12.3 Å². The molecule has 0 heterocycles. The summed E-state index contributed by atoms with van der Waals surface area (Å²) in [6.07, 6.45) is 0.311. The highest BCUT2D eigenvalue weighted by molar-refractivity contribution is 7.99. The molecule has 0 radical (unpaired) electrons. The fraction of sp³-hybridized carbons (Fsp3) is 0.692. The largest absolute Gasteiger partial charge is 0.469 e. The molecule has 0 aromatic heterocycles. The zero-order valence-corrected chi connectivity index (χ0v) is 13.1. The molecule has 0 saturated carbocycles. The van der Waals surface area contributed by atoms with E-state index in [2.05, 4.69) is 16.2 Å². The normalized spacial score (nSPS) is 14.8. The molecule has 20 heavy (non-hydrogen) atoms. The molecule has 2 atom stereocenters. The third-order valence-corrected chi connectivity index (χ3v) is 4.22. The SMILES string of the molecule is C=C(CSCC(C)(CC(C)C(=O)OC)C(=O)OC)OO. The van der Waals surface area contributed by atoms with Crippen LogP contribution < -0.4 is 0 Å². The molecule has 0 fully saturated rings. The van der Waals surface area contributed by atoms with Crippen LogP contribution in [0.1, 0.15) is 20.3 Å². The maximum atomic E-state index is 11.9. The van der Waals surface area contributed by atoms with Gasteiger partial charge in [-0.1, -0.05) is 13.5 Å². The number of rotatable bonds is 9. The Morgan fingerprint density at radius 2 is 1.95 bits per heavy atom. The second-order valence-electron chi connectivity index (χ2n) is 4.80. The van der Waals surface area contributed by atoms with Crippen LogP contribution in [0, 0.1) is 11.3 Å². The van der Waals surface area contributed by atoms with Gasteiger partial charge in [-0.25, -0.2) is 5.26 Å². The van der Waals surface area contributed by atoms with E-state index in [0.717, 1.165) is 0 Å². The van der Waals surface area contributed by atoms with E-state index >= 15 is 0 Å². The minimum absolute atomic E-state index is 0.197. The van der Waals surface area contributed by atoms with Gasteiger partial charge in [-0.2, -0.15) is 11.8 Å². The van der Waals surface area contributed by atoms with Crippen LogP contribution in [-0.2, 0) is 24.0 Å². The van der Waals surface area contributed by atoms with Crippen LogP contribution in [0.3, 0.4) is 0 Å². The number of hydrogen-bond donors (Lipinski definition) is 1. The average molecular weight is 306 g/mol. The first kappa shape index (κ1) is 18.8. The van der Waals surface area contributed by atoms with Crippen molar-refractivity contribution in [1.82, 2.24) is 0 Å². The first-order valence-electron chi connectivity index (χ1n) is 6.04. The van der Waals surface area contributed by atoms with E-state index in [4.69, 9.17) is 9.99 Å². The Balaban J connectivity index is 4.70. The van der Waals surface area contributed by atoms with Crippen molar-refractivity contribution >= 4 is 23.7 Å². The number of methoxy groups -OCH3 is 2. The molecule has 0 saturated heterocycles. The third-order valence-electron chi connectivity index (χ3n) is 2.85. The Kier molecular flexibility index (Phi) is 8.33. The van der Waals surface area contributed by atoms with E-state index in [1.165, 1.54) is 26.0 Å². The second kappa shape index (κ2) is 8.86. The summed E-state index contributed by atoms with van der Waals surface area (Å²) in [5.41, 5.74) is -0.831. The van der Waals surface area contributed by atoms with Crippen molar-refractivity contribution < 1.29 is 29.2 Å². The molecule has 116 valence electrons. The van der Waals surface area contributed by atoms with Crippen molar-refractivity contribution in [2.24, 2.45) is 11.3 Å². The van der Waals surface area contributed by atoms with Crippen LogP contribution in [0.5, 0.6) is 0 Å². The van der Waals surface area contributed by atoms with Gasteiger partial charge in [-0.05, 0) is 13.3 Å². The van der Waals surface area contributed by atoms with E-state index in [1.807, 2.05) is 0 Å². The Morgan fingerprint density at radius 1 is 1.35 bits per heavy atom. The number of thioether (sulfide) groups is 1. The van der Waals surface area contributed by atoms with Crippen LogP contribution in [0.25, 0.3) is 0 Å². The zero-order chi connectivity index (χ0) is 15.8. The molecule has 0 bridgehead atoms. The number of hydrogen-bond acceptors (Lipinski definition) is 7. The Hall–Kier alpha value is -1.21. The van der Waals surface area contributed by atoms with E-state index in [1.54, 1.807) is 13.8 Å². The second-order valence-corrected chi connectivity index (χ2v) is 5.79.